The number of pyridine rings is 1. The van der Waals surface area contributed by atoms with Gasteiger partial charge < -0.3 is 24.4 Å². The number of carbonyl (C=O) groups excluding carboxylic acids is 3. The predicted octanol–water partition coefficient (Wildman–Crippen LogP) is 3.32. The van der Waals surface area contributed by atoms with E-state index < -0.39 is 11.5 Å². The third kappa shape index (κ3) is 7.05. The van der Waals surface area contributed by atoms with Gasteiger partial charge in [-0.3, -0.25) is 24.6 Å². The van der Waals surface area contributed by atoms with Crippen LogP contribution < -0.4 is 10.1 Å². The summed E-state index contributed by atoms with van der Waals surface area (Å²) < 4.78 is 7.45. The van der Waals surface area contributed by atoms with Crippen molar-refractivity contribution >= 4 is 35.5 Å². The fourth-order valence-corrected chi connectivity index (χ4v) is 4.97. The van der Waals surface area contributed by atoms with E-state index in [2.05, 4.69) is 32.1 Å². The smallest absolute Gasteiger partial charge is 0.258 e. The van der Waals surface area contributed by atoms with Crippen molar-refractivity contribution in [1.82, 2.24) is 24.3 Å². The highest BCUT2D eigenvalue weighted by molar-refractivity contribution is 6.05. The Morgan fingerprint density at radius 2 is 1.81 bits per heavy atom. The Morgan fingerprint density at radius 1 is 1.05 bits per heavy atom. The molecule has 1 amide bonds. The predicted molar refractivity (Wildman–Crippen MR) is 160 cm³/mol. The number of hydrogen-bond acceptors (Lipinski definition) is 10. The lowest BCUT2D eigenvalue weighted by Crippen LogP contribution is -2.43. The fourth-order valence-electron chi connectivity index (χ4n) is 4.97. The van der Waals surface area contributed by atoms with Crippen molar-refractivity contribution in [2.24, 2.45) is 0 Å². The van der Waals surface area contributed by atoms with E-state index in [1.54, 1.807) is 18.4 Å². The minimum absolute atomic E-state index is 0.0104. The van der Waals surface area contributed by atoms with Crippen LogP contribution in [0.25, 0.3) is 11.0 Å². The van der Waals surface area contributed by atoms with Crippen molar-refractivity contribution in [3.8, 4) is 17.4 Å². The topological polar surface area (TPSA) is 150 Å². The number of imidazole rings is 1. The van der Waals surface area contributed by atoms with Gasteiger partial charge in [0.05, 0.1) is 28.7 Å². The molecule has 1 fully saturated rings. The molecule has 1 saturated heterocycles. The molecule has 2 aromatic heterocycles. The largest absolute Gasteiger partial charge is 0.507 e. The number of likely N-dealkylation sites (N-methyl/N-ethyl adjacent to an activating group) is 1. The van der Waals surface area contributed by atoms with Crippen LogP contribution in [0.1, 0.15) is 50.6 Å². The Kier molecular flexibility index (Phi) is 8.53. The second-order valence-electron chi connectivity index (χ2n) is 11.3. The first-order valence-corrected chi connectivity index (χ1v) is 13.9. The van der Waals surface area contributed by atoms with E-state index in [0.717, 1.165) is 43.8 Å². The molecule has 1 aliphatic heterocycles. The summed E-state index contributed by atoms with van der Waals surface area (Å²) in [5.74, 6) is -0.762. The molecular formula is C31H34N6O6. The zero-order chi connectivity index (χ0) is 30.7. The molecule has 12 nitrogen and oxygen atoms in total. The van der Waals surface area contributed by atoms with Crippen molar-refractivity contribution in [1.29, 1.82) is 0 Å². The molecule has 43 heavy (non-hydrogen) atoms. The van der Waals surface area contributed by atoms with Gasteiger partial charge in [-0.15, -0.1) is 0 Å². The van der Waals surface area contributed by atoms with Gasteiger partial charge in [0.15, 0.2) is 12.6 Å². The molecule has 0 saturated carbocycles. The number of amides is 1. The summed E-state index contributed by atoms with van der Waals surface area (Å²) in [4.78, 5) is 50.0. The highest BCUT2D eigenvalue weighted by Gasteiger charge is 2.23. The van der Waals surface area contributed by atoms with Crippen LogP contribution in [0.2, 0.25) is 0 Å². The van der Waals surface area contributed by atoms with Crippen LogP contribution in [-0.4, -0.2) is 91.9 Å². The molecule has 0 atom stereocenters. The van der Waals surface area contributed by atoms with Gasteiger partial charge >= 0.3 is 0 Å². The van der Waals surface area contributed by atoms with Crippen LogP contribution in [0.5, 0.6) is 17.4 Å². The Morgan fingerprint density at radius 3 is 2.51 bits per heavy atom. The number of fused-ring (bicyclic) bond motifs is 1. The number of aliphatic hydroxyl groups is 1. The maximum Gasteiger partial charge on any atom is 0.258 e. The summed E-state index contributed by atoms with van der Waals surface area (Å²) >= 11 is 0. The van der Waals surface area contributed by atoms with Gasteiger partial charge in [0.25, 0.3) is 5.91 Å². The van der Waals surface area contributed by atoms with E-state index in [0.29, 0.717) is 18.1 Å². The summed E-state index contributed by atoms with van der Waals surface area (Å²) in [6.45, 7) is 8.25. The monoisotopic (exact) mass is 586 g/mol. The van der Waals surface area contributed by atoms with Gasteiger partial charge in [-0.05, 0) is 56.8 Å². The van der Waals surface area contributed by atoms with Gasteiger partial charge in [-0.1, -0.05) is 12.1 Å². The molecule has 0 spiro atoms. The summed E-state index contributed by atoms with van der Waals surface area (Å²) in [5.41, 5.74) is 1.28. The van der Waals surface area contributed by atoms with E-state index in [1.807, 2.05) is 18.2 Å². The first kappa shape index (κ1) is 29.8. The molecule has 0 aliphatic carbocycles. The number of phenols is 1. The van der Waals surface area contributed by atoms with E-state index in [1.165, 1.54) is 30.3 Å². The van der Waals surface area contributed by atoms with Crippen LogP contribution in [-0.2, 0) is 13.1 Å². The maximum absolute atomic E-state index is 13.5. The average molecular weight is 587 g/mol. The lowest BCUT2D eigenvalue weighted by Gasteiger charge is -2.32. The zero-order valence-corrected chi connectivity index (χ0v) is 24.3. The number of ether oxygens (including phenoxy) is 1. The Balaban J connectivity index is 1.45. The molecule has 2 aromatic carbocycles. The lowest BCUT2D eigenvalue weighted by atomic mass is 10.1. The van der Waals surface area contributed by atoms with Gasteiger partial charge in [0, 0.05) is 44.4 Å². The second kappa shape index (κ2) is 12.3. The molecule has 0 bridgehead atoms. The summed E-state index contributed by atoms with van der Waals surface area (Å²) in [5, 5.41) is 23.5. The molecule has 5 rings (SSSR count). The molecule has 1 aliphatic rings. The maximum atomic E-state index is 13.5. The molecule has 4 aromatic rings. The van der Waals surface area contributed by atoms with Crippen LogP contribution in [0.15, 0.2) is 48.5 Å². The highest BCUT2D eigenvalue weighted by Crippen LogP contribution is 2.30. The number of aromatic nitrogens is 3. The van der Waals surface area contributed by atoms with Crippen molar-refractivity contribution < 1.29 is 29.3 Å². The first-order chi connectivity index (χ1) is 20.5. The average Bonchev–Trinajstić information content (AvgIpc) is 3.28. The van der Waals surface area contributed by atoms with Crippen molar-refractivity contribution in [2.75, 3.05) is 38.5 Å². The summed E-state index contributed by atoms with van der Waals surface area (Å²) in [7, 11) is 2.12. The SMILES string of the molecule is CN1CCN(Cc2ccc3nc(NC(=O)c4cc(C=O)nc(Oc5cccc(O)c5C=O)c4)n(CC(C)(C)O)c3c2)CC1. The van der Waals surface area contributed by atoms with Crippen LogP contribution in [0.3, 0.4) is 0 Å². The van der Waals surface area contributed by atoms with Gasteiger partial charge in [-0.25, -0.2) is 9.97 Å². The molecule has 224 valence electrons. The fraction of sp³-hybridized carbons (Fsp3) is 0.323. The number of piperazine rings is 1. The number of anilines is 1. The summed E-state index contributed by atoms with van der Waals surface area (Å²) in [6, 6.07) is 12.8. The van der Waals surface area contributed by atoms with Crippen molar-refractivity contribution in [2.45, 2.75) is 32.5 Å². The lowest BCUT2D eigenvalue weighted by molar-refractivity contribution is 0.0630. The molecule has 12 heteroatoms. The normalized spacial score (nSPS) is 14.5. The number of benzene rings is 2. The minimum Gasteiger partial charge on any atom is -0.507 e. The van der Waals surface area contributed by atoms with Crippen LogP contribution in [0.4, 0.5) is 5.95 Å². The van der Waals surface area contributed by atoms with E-state index >= 15 is 0 Å². The number of phenolic OH excluding ortho intramolecular Hbond substituents is 1. The molecule has 0 unspecified atom stereocenters. The minimum atomic E-state index is -1.11. The molecule has 3 heterocycles. The highest BCUT2D eigenvalue weighted by atomic mass is 16.5. The number of nitrogens with one attached hydrogen (secondary N) is 1. The van der Waals surface area contributed by atoms with Crippen LogP contribution in [0, 0.1) is 0 Å². The number of nitrogens with zero attached hydrogens (tertiary/aromatic N) is 5. The number of rotatable bonds is 10. The van der Waals surface area contributed by atoms with Crippen molar-refractivity contribution in [3.63, 3.8) is 0 Å². The quantitative estimate of drug-likeness (QED) is 0.236. The molecular weight excluding hydrogens is 552 g/mol. The number of hydrogen-bond donors (Lipinski definition) is 3. The van der Waals surface area contributed by atoms with E-state index in [9.17, 15) is 24.6 Å². The number of carbonyl (C=O) groups is 3. The summed E-state index contributed by atoms with van der Waals surface area (Å²) in [6.07, 6.45) is 0.906. The Bertz CT molecular complexity index is 1670. The van der Waals surface area contributed by atoms with E-state index in [-0.39, 0.29) is 46.7 Å². The first-order valence-electron chi connectivity index (χ1n) is 13.9. The standard InChI is InChI=1S/C31H34N6O6/c1-31(2,42)19-37-25-13-20(16-36-11-9-35(3)10-12-36)7-8-24(25)33-30(37)34-29(41)21-14-22(17-38)32-28(15-21)43-27-6-4-5-26(40)23(27)18-39/h4-8,13-15,17-18,40,42H,9-12,16,19H2,1-3H3,(H,33,34,41). The van der Waals surface area contributed by atoms with Gasteiger partial charge in [0.1, 0.15) is 17.2 Å². The van der Waals surface area contributed by atoms with E-state index in [4.69, 9.17) is 4.74 Å². The third-order valence-electron chi connectivity index (χ3n) is 7.17. The number of aldehydes is 2. The third-order valence-corrected chi connectivity index (χ3v) is 7.17. The van der Waals surface area contributed by atoms with Crippen LogP contribution >= 0.6 is 0 Å². The van der Waals surface area contributed by atoms with Gasteiger partial charge in [0.2, 0.25) is 11.8 Å². The Labute approximate surface area is 248 Å². The molecule has 0 radical (unpaired) electrons. The van der Waals surface area contributed by atoms with Gasteiger partial charge in [-0.2, -0.15) is 0 Å². The Hall–Kier alpha value is -4.65. The van der Waals surface area contributed by atoms with Crippen molar-refractivity contribution in [3.05, 3.63) is 70.9 Å². The zero-order valence-electron chi connectivity index (χ0n) is 24.3. The molecule has 3 N–H and O–H groups in total. The second-order valence-corrected chi connectivity index (χ2v) is 11.3. The number of aromatic hydroxyl groups is 1.